The minimum absolute atomic E-state index is 0.0119. The summed E-state index contributed by atoms with van der Waals surface area (Å²) in [6, 6.07) is 9.15. The van der Waals surface area contributed by atoms with Crippen LogP contribution in [0.2, 0.25) is 0 Å². The molecule has 0 atom stereocenters. The lowest BCUT2D eigenvalue weighted by molar-refractivity contribution is -0.135. The summed E-state index contributed by atoms with van der Waals surface area (Å²) in [5.74, 6) is 1.55. The van der Waals surface area contributed by atoms with Gasteiger partial charge in [-0.15, -0.1) is 0 Å². The number of methoxy groups -OCH3 is 2. The first-order chi connectivity index (χ1) is 12.5. The van der Waals surface area contributed by atoms with Crippen LogP contribution in [-0.4, -0.2) is 44.0 Å². The molecule has 2 rings (SSSR count). The number of nitrogens with zero attached hydrogens (tertiary/aromatic N) is 1. The van der Waals surface area contributed by atoms with Gasteiger partial charge in [-0.1, -0.05) is 6.07 Å². The molecule has 0 fully saturated rings. The van der Waals surface area contributed by atoms with Gasteiger partial charge in [0, 0.05) is 13.5 Å². The van der Waals surface area contributed by atoms with Crippen LogP contribution in [0.15, 0.2) is 41.0 Å². The van der Waals surface area contributed by atoms with E-state index < -0.39 is 0 Å². The molecule has 1 N–H and O–H groups in total. The molecule has 0 radical (unpaired) electrons. The maximum atomic E-state index is 12.1. The molecule has 0 spiro atoms. The number of hydrogen-bond donors (Lipinski definition) is 1. The predicted octanol–water partition coefficient (Wildman–Crippen LogP) is 2.00. The second kappa shape index (κ2) is 9.50. The summed E-state index contributed by atoms with van der Waals surface area (Å²) < 4.78 is 15.7. The van der Waals surface area contributed by atoms with E-state index in [0.717, 1.165) is 5.56 Å². The Balaban J connectivity index is 1.83. The van der Waals surface area contributed by atoms with Gasteiger partial charge in [-0.25, -0.2) is 0 Å². The Hall–Kier alpha value is -2.96. The van der Waals surface area contributed by atoms with Gasteiger partial charge in [0.2, 0.25) is 11.8 Å². The van der Waals surface area contributed by atoms with Gasteiger partial charge in [0.05, 0.1) is 33.6 Å². The zero-order valence-corrected chi connectivity index (χ0v) is 15.3. The Morgan fingerprint density at radius 2 is 1.92 bits per heavy atom. The van der Waals surface area contributed by atoms with Crippen LogP contribution in [0.3, 0.4) is 0 Å². The normalized spacial score (nSPS) is 10.3. The maximum absolute atomic E-state index is 12.1. The number of furan rings is 1. The molecule has 0 aliphatic carbocycles. The first-order valence-electron chi connectivity index (χ1n) is 8.29. The van der Waals surface area contributed by atoms with Gasteiger partial charge in [-0.2, -0.15) is 0 Å². The SMILES string of the molecule is COc1ccc(CCNC(=O)CN(Cc2ccco2)C(C)=O)cc1OC. The van der Waals surface area contributed by atoms with Crippen LogP contribution in [0.25, 0.3) is 0 Å². The quantitative estimate of drug-likeness (QED) is 0.740. The van der Waals surface area contributed by atoms with E-state index in [0.29, 0.717) is 30.2 Å². The Morgan fingerprint density at radius 3 is 2.54 bits per heavy atom. The average molecular weight is 360 g/mol. The molecule has 1 heterocycles. The Morgan fingerprint density at radius 1 is 1.15 bits per heavy atom. The first-order valence-corrected chi connectivity index (χ1v) is 8.29. The van der Waals surface area contributed by atoms with Crippen LogP contribution in [-0.2, 0) is 22.6 Å². The summed E-state index contributed by atoms with van der Waals surface area (Å²) in [7, 11) is 3.17. The fraction of sp³-hybridized carbons (Fsp3) is 0.368. The van der Waals surface area contributed by atoms with Crippen molar-refractivity contribution >= 4 is 11.8 Å². The number of nitrogens with one attached hydrogen (secondary N) is 1. The molecular weight excluding hydrogens is 336 g/mol. The number of ether oxygens (including phenoxy) is 2. The van der Waals surface area contributed by atoms with Gasteiger partial charge in [-0.3, -0.25) is 9.59 Å². The number of rotatable bonds is 9. The number of benzene rings is 1. The summed E-state index contributed by atoms with van der Waals surface area (Å²) in [5.41, 5.74) is 1.02. The van der Waals surface area contributed by atoms with E-state index in [9.17, 15) is 9.59 Å². The first kappa shape index (κ1) is 19.4. The third-order valence-corrected chi connectivity index (χ3v) is 3.89. The molecule has 140 valence electrons. The molecule has 0 aliphatic rings. The molecule has 0 saturated carbocycles. The van der Waals surface area contributed by atoms with Gasteiger partial charge in [-0.05, 0) is 36.2 Å². The third-order valence-electron chi connectivity index (χ3n) is 3.89. The number of amides is 2. The van der Waals surface area contributed by atoms with Gasteiger partial charge >= 0.3 is 0 Å². The molecule has 1 aromatic carbocycles. The molecule has 0 unspecified atom stereocenters. The third kappa shape index (κ3) is 5.54. The molecule has 2 aromatic rings. The minimum Gasteiger partial charge on any atom is -0.493 e. The molecular formula is C19H24N2O5. The van der Waals surface area contributed by atoms with Crippen LogP contribution in [0.4, 0.5) is 0 Å². The van der Waals surface area contributed by atoms with Crippen LogP contribution in [0.5, 0.6) is 11.5 Å². The van der Waals surface area contributed by atoms with E-state index in [2.05, 4.69) is 5.32 Å². The van der Waals surface area contributed by atoms with Crippen LogP contribution in [0, 0.1) is 0 Å². The van der Waals surface area contributed by atoms with Crippen LogP contribution >= 0.6 is 0 Å². The summed E-state index contributed by atoms with van der Waals surface area (Å²) in [6.45, 7) is 2.15. The van der Waals surface area contributed by atoms with E-state index in [1.165, 1.54) is 18.1 Å². The van der Waals surface area contributed by atoms with Crippen molar-refractivity contribution in [1.82, 2.24) is 10.2 Å². The summed E-state index contributed by atoms with van der Waals surface area (Å²) in [4.78, 5) is 25.3. The lowest BCUT2D eigenvalue weighted by Crippen LogP contribution is -2.39. The fourth-order valence-corrected chi connectivity index (χ4v) is 2.48. The van der Waals surface area contributed by atoms with E-state index in [4.69, 9.17) is 13.9 Å². The molecule has 0 saturated heterocycles. The molecule has 0 aliphatic heterocycles. The number of carbonyl (C=O) groups is 2. The van der Waals surface area contributed by atoms with Crippen molar-refractivity contribution in [3.63, 3.8) is 0 Å². The Labute approximate surface area is 152 Å². The largest absolute Gasteiger partial charge is 0.493 e. The molecule has 0 bridgehead atoms. The maximum Gasteiger partial charge on any atom is 0.239 e. The van der Waals surface area contributed by atoms with Crippen molar-refractivity contribution < 1.29 is 23.5 Å². The Bertz CT molecular complexity index is 728. The monoisotopic (exact) mass is 360 g/mol. The molecule has 1 aromatic heterocycles. The van der Waals surface area contributed by atoms with Crippen molar-refractivity contribution in [2.24, 2.45) is 0 Å². The lowest BCUT2D eigenvalue weighted by atomic mass is 10.1. The van der Waals surface area contributed by atoms with Crippen molar-refractivity contribution in [2.45, 2.75) is 19.9 Å². The molecule has 2 amide bonds. The standard InChI is InChI=1S/C19H24N2O5/c1-14(22)21(12-16-5-4-10-26-16)13-19(23)20-9-8-15-6-7-17(24-2)18(11-15)25-3/h4-7,10-11H,8-9,12-13H2,1-3H3,(H,20,23). The second-order valence-corrected chi connectivity index (χ2v) is 5.74. The van der Waals surface area contributed by atoms with E-state index >= 15 is 0 Å². The number of hydrogen-bond acceptors (Lipinski definition) is 5. The Kier molecular flexibility index (Phi) is 7.08. The van der Waals surface area contributed by atoms with Gasteiger partial charge in [0.25, 0.3) is 0 Å². The van der Waals surface area contributed by atoms with Gasteiger partial charge < -0.3 is 24.1 Å². The highest BCUT2D eigenvalue weighted by Crippen LogP contribution is 2.27. The highest BCUT2D eigenvalue weighted by Gasteiger charge is 2.15. The van der Waals surface area contributed by atoms with Crippen molar-refractivity contribution in [2.75, 3.05) is 27.3 Å². The zero-order chi connectivity index (χ0) is 18.9. The van der Waals surface area contributed by atoms with Crippen LogP contribution in [0.1, 0.15) is 18.2 Å². The van der Waals surface area contributed by atoms with Crippen molar-refractivity contribution in [3.05, 3.63) is 47.9 Å². The van der Waals surface area contributed by atoms with Gasteiger partial charge in [0.15, 0.2) is 11.5 Å². The predicted molar refractivity (Wildman–Crippen MR) is 96.1 cm³/mol. The smallest absolute Gasteiger partial charge is 0.239 e. The highest BCUT2D eigenvalue weighted by atomic mass is 16.5. The molecule has 26 heavy (non-hydrogen) atoms. The van der Waals surface area contributed by atoms with Crippen molar-refractivity contribution in [3.8, 4) is 11.5 Å². The summed E-state index contributed by atoms with van der Waals surface area (Å²) in [6.07, 6.45) is 2.18. The van der Waals surface area contributed by atoms with Gasteiger partial charge in [0.1, 0.15) is 5.76 Å². The highest BCUT2D eigenvalue weighted by molar-refractivity contribution is 5.83. The second-order valence-electron chi connectivity index (χ2n) is 5.74. The summed E-state index contributed by atoms with van der Waals surface area (Å²) in [5, 5.41) is 2.83. The number of carbonyl (C=O) groups excluding carboxylic acids is 2. The lowest BCUT2D eigenvalue weighted by Gasteiger charge is -2.19. The topological polar surface area (TPSA) is 81.0 Å². The van der Waals surface area contributed by atoms with E-state index in [1.54, 1.807) is 26.4 Å². The molecule has 7 heteroatoms. The van der Waals surface area contributed by atoms with E-state index in [1.807, 2.05) is 18.2 Å². The average Bonchev–Trinajstić information content (AvgIpc) is 3.14. The zero-order valence-electron chi connectivity index (χ0n) is 15.3. The summed E-state index contributed by atoms with van der Waals surface area (Å²) >= 11 is 0. The van der Waals surface area contributed by atoms with Crippen molar-refractivity contribution in [1.29, 1.82) is 0 Å². The molecule has 7 nitrogen and oxygen atoms in total. The van der Waals surface area contributed by atoms with Crippen LogP contribution < -0.4 is 14.8 Å². The fourth-order valence-electron chi connectivity index (χ4n) is 2.48. The minimum atomic E-state index is -0.216. The van der Waals surface area contributed by atoms with E-state index in [-0.39, 0.29) is 24.9 Å².